The highest BCUT2D eigenvalue weighted by Crippen LogP contribution is 2.29. The molecule has 0 saturated carbocycles. The van der Waals surface area contributed by atoms with Gasteiger partial charge in [0.05, 0.1) is 6.61 Å². The summed E-state index contributed by atoms with van der Waals surface area (Å²) in [5.41, 5.74) is 2.49. The highest BCUT2D eigenvalue weighted by atomic mass is 79.9. The van der Waals surface area contributed by atoms with Crippen LogP contribution in [0.2, 0.25) is 5.02 Å². The third-order valence-electron chi connectivity index (χ3n) is 3.42. The van der Waals surface area contributed by atoms with Crippen molar-refractivity contribution in [2.45, 2.75) is 38.1 Å². The van der Waals surface area contributed by atoms with Gasteiger partial charge in [0.1, 0.15) is 0 Å². The van der Waals surface area contributed by atoms with Gasteiger partial charge in [0.25, 0.3) is 0 Å². The Kier molecular flexibility index (Phi) is 7.81. The van der Waals surface area contributed by atoms with Crippen LogP contribution in [-0.4, -0.2) is 26.3 Å². The minimum absolute atomic E-state index is 0.520. The number of rotatable bonds is 8. The van der Waals surface area contributed by atoms with Crippen molar-refractivity contribution in [2.24, 2.45) is 0 Å². The van der Waals surface area contributed by atoms with Gasteiger partial charge in [0, 0.05) is 35.7 Å². The summed E-state index contributed by atoms with van der Waals surface area (Å²) in [6.45, 7) is 6.08. The molecule has 1 aromatic carbocycles. The van der Waals surface area contributed by atoms with Crippen molar-refractivity contribution >= 4 is 33.2 Å². The summed E-state index contributed by atoms with van der Waals surface area (Å²) >= 11 is 9.73. The van der Waals surface area contributed by atoms with Crippen LogP contribution in [0.4, 0.5) is 5.69 Å². The molecule has 0 amide bonds. The van der Waals surface area contributed by atoms with Crippen LogP contribution in [0.1, 0.15) is 32.3 Å². The van der Waals surface area contributed by atoms with E-state index in [1.807, 2.05) is 6.07 Å². The molecule has 0 unspecified atom stereocenters. The van der Waals surface area contributed by atoms with Crippen molar-refractivity contribution in [2.75, 3.05) is 25.2 Å². The lowest BCUT2D eigenvalue weighted by Gasteiger charge is -2.34. The summed E-state index contributed by atoms with van der Waals surface area (Å²) in [7, 11) is 1.74. The largest absolute Gasteiger partial charge is 0.383 e. The minimum Gasteiger partial charge on any atom is -0.383 e. The van der Waals surface area contributed by atoms with Crippen LogP contribution in [0.15, 0.2) is 18.2 Å². The second-order valence-electron chi connectivity index (χ2n) is 4.56. The van der Waals surface area contributed by atoms with Crippen LogP contribution < -0.4 is 4.90 Å². The van der Waals surface area contributed by atoms with Crippen molar-refractivity contribution in [1.82, 2.24) is 0 Å². The van der Waals surface area contributed by atoms with Gasteiger partial charge in [0.2, 0.25) is 0 Å². The van der Waals surface area contributed by atoms with Crippen LogP contribution in [0.5, 0.6) is 0 Å². The summed E-state index contributed by atoms with van der Waals surface area (Å²) in [6, 6.07) is 6.62. The number of nitrogens with zero attached hydrogens (tertiary/aromatic N) is 1. The van der Waals surface area contributed by atoms with E-state index in [0.717, 1.165) is 36.3 Å². The van der Waals surface area contributed by atoms with E-state index in [9.17, 15) is 0 Å². The molecule has 0 saturated heterocycles. The van der Waals surface area contributed by atoms with E-state index in [0.29, 0.717) is 6.04 Å². The zero-order valence-corrected chi connectivity index (χ0v) is 14.3. The fourth-order valence-corrected chi connectivity index (χ4v) is 2.98. The molecule has 108 valence electrons. The van der Waals surface area contributed by atoms with Crippen LogP contribution >= 0.6 is 27.5 Å². The number of methoxy groups -OCH3 is 1. The SMILES string of the molecule is CCC(CC)N(CCOC)c1cc(Cl)ccc1CBr. The van der Waals surface area contributed by atoms with Gasteiger partial charge in [-0.15, -0.1) is 0 Å². The maximum Gasteiger partial charge on any atom is 0.0637 e. The maximum atomic E-state index is 6.17. The first-order valence-electron chi connectivity index (χ1n) is 6.77. The number of halogens is 2. The second kappa shape index (κ2) is 8.83. The quantitative estimate of drug-likeness (QED) is 0.621. The van der Waals surface area contributed by atoms with Crippen molar-refractivity contribution < 1.29 is 4.74 Å². The van der Waals surface area contributed by atoms with Crippen LogP contribution in [0.3, 0.4) is 0 Å². The normalized spacial score (nSPS) is 11.1. The molecule has 0 heterocycles. The third-order valence-corrected chi connectivity index (χ3v) is 4.26. The fraction of sp³-hybridized carbons (Fsp3) is 0.600. The lowest BCUT2D eigenvalue weighted by molar-refractivity contribution is 0.202. The molecule has 4 heteroatoms. The molecule has 0 N–H and O–H groups in total. The van der Waals surface area contributed by atoms with Gasteiger partial charge in [-0.3, -0.25) is 0 Å². The van der Waals surface area contributed by atoms with Crippen molar-refractivity contribution in [3.05, 3.63) is 28.8 Å². The second-order valence-corrected chi connectivity index (χ2v) is 5.56. The van der Waals surface area contributed by atoms with Crippen LogP contribution in [0.25, 0.3) is 0 Å². The van der Waals surface area contributed by atoms with Crippen molar-refractivity contribution in [3.63, 3.8) is 0 Å². The van der Waals surface area contributed by atoms with Crippen LogP contribution in [-0.2, 0) is 10.1 Å². The van der Waals surface area contributed by atoms with E-state index in [4.69, 9.17) is 16.3 Å². The number of alkyl halides is 1. The fourth-order valence-electron chi connectivity index (χ4n) is 2.34. The van der Waals surface area contributed by atoms with E-state index in [1.165, 1.54) is 11.3 Å². The van der Waals surface area contributed by atoms with Crippen LogP contribution in [0, 0.1) is 0 Å². The molecule has 0 atom stereocenters. The van der Waals surface area contributed by atoms with E-state index in [-0.39, 0.29) is 0 Å². The van der Waals surface area contributed by atoms with Gasteiger partial charge < -0.3 is 9.64 Å². The lowest BCUT2D eigenvalue weighted by atomic mass is 10.1. The molecule has 0 aliphatic carbocycles. The molecule has 0 aliphatic rings. The Bertz CT molecular complexity index is 382. The first kappa shape index (κ1) is 16.8. The molecule has 0 aliphatic heterocycles. The summed E-state index contributed by atoms with van der Waals surface area (Å²) in [5.74, 6) is 0. The van der Waals surface area contributed by atoms with Crippen molar-refractivity contribution in [1.29, 1.82) is 0 Å². The number of hydrogen-bond donors (Lipinski definition) is 0. The maximum absolute atomic E-state index is 6.17. The zero-order valence-electron chi connectivity index (χ0n) is 12.0. The molecule has 1 aromatic rings. The minimum atomic E-state index is 0.520. The van der Waals surface area contributed by atoms with Crippen molar-refractivity contribution in [3.8, 4) is 0 Å². The summed E-state index contributed by atoms with van der Waals surface area (Å²) in [4.78, 5) is 2.42. The number of hydrogen-bond acceptors (Lipinski definition) is 2. The monoisotopic (exact) mass is 347 g/mol. The molecule has 19 heavy (non-hydrogen) atoms. The van der Waals surface area contributed by atoms with Gasteiger partial charge in [-0.05, 0) is 30.5 Å². The predicted octanol–water partition coefficient (Wildman–Crippen LogP) is 4.88. The Morgan fingerprint density at radius 1 is 1.32 bits per heavy atom. The highest BCUT2D eigenvalue weighted by Gasteiger charge is 2.18. The molecule has 2 nitrogen and oxygen atoms in total. The van der Waals surface area contributed by atoms with Gasteiger partial charge in [-0.1, -0.05) is 47.4 Å². The summed E-state index contributed by atoms with van der Waals surface area (Å²) in [6.07, 6.45) is 2.24. The standard InChI is InChI=1S/C15H23BrClNO/c1-4-14(5-2)18(8-9-19-3)15-10-13(17)7-6-12(15)11-16/h6-7,10,14H,4-5,8-9,11H2,1-3H3. The molecule has 1 rings (SSSR count). The molecule has 0 aromatic heterocycles. The van der Waals surface area contributed by atoms with Gasteiger partial charge in [-0.25, -0.2) is 0 Å². The average molecular weight is 349 g/mol. The topological polar surface area (TPSA) is 12.5 Å². The van der Waals surface area contributed by atoms with Gasteiger partial charge in [-0.2, -0.15) is 0 Å². The first-order valence-corrected chi connectivity index (χ1v) is 8.27. The number of benzene rings is 1. The lowest BCUT2D eigenvalue weighted by Crippen LogP contribution is -2.37. The zero-order chi connectivity index (χ0) is 14.3. The van der Waals surface area contributed by atoms with E-state index >= 15 is 0 Å². The van der Waals surface area contributed by atoms with E-state index < -0.39 is 0 Å². The number of anilines is 1. The van der Waals surface area contributed by atoms with Gasteiger partial charge in [0.15, 0.2) is 0 Å². The Labute approximate surface area is 130 Å². The molecular formula is C15H23BrClNO. The smallest absolute Gasteiger partial charge is 0.0637 e. The number of ether oxygens (including phenoxy) is 1. The Balaban J connectivity index is 3.10. The molecule has 0 fully saturated rings. The highest BCUT2D eigenvalue weighted by molar-refractivity contribution is 9.08. The Hall–Kier alpha value is -0.250. The summed E-state index contributed by atoms with van der Waals surface area (Å²) < 4.78 is 5.25. The molecular weight excluding hydrogens is 326 g/mol. The van der Waals surface area contributed by atoms with E-state index in [1.54, 1.807) is 7.11 Å². The average Bonchev–Trinajstić information content (AvgIpc) is 2.43. The van der Waals surface area contributed by atoms with E-state index in [2.05, 4.69) is 46.8 Å². The Morgan fingerprint density at radius 3 is 2.53 bits per heavy atom. The predicted molar refractivity (Wildman–Crippen MR) is 87.7 cm³/mol. The third kappa shape index (κ3) is 4.66. The Morgan fingerprint density at radius 2 is 2.00 bits per heavy atom. The summed E-state index contributed by atoms with van der Waals surface area (Å²) in [5, 5.41) is 1.62. The first-order chi connectivity index (χ1) is 9.17. The molecule has 0 bridgehead atoms. The molecule has 0 radical (unpaired) electrons. The molecule has 0 spiro atoms. The van der Waals surface area contributed by atoms with Gasteiger partial charge >= 0.3 is 0 Å².